The van der Waals surface area contributed by atoms with Crippen LogP contribution in [-0.2, 0) is 6.42 Å². The molecule has 1 fully saturated rings. The molecule has 0 radical (unpaired) electrons. The molecular formula is C18H30N2O. The Morgan fingerprint density at radius 3 is 2.76 bits per heavy atom. The van der Waals surface area contributed by atoms with Gasteiger partial charge in [-0.2, -0.15) is 0 Å². The van der Waals surface area contributed by atoms with Gasteiger partial charge in [0.15, 0.2) is 0 Å². The lowest BCUT2D eigenvalue weighted by Crippen LogP contribution is -2.43. The molecule has 0 aromatic heterocycles. The van der Waals surface area contributed by atoms with Crippen molar-refractivity contribution in [2.45, 2.75) is 65.0 Å². The second-order valence-corrected chi connectivity index (χ2v) is 6.45. The molecule has 0 saturated heterocycles. The Labute approximate surface area is 129 Å². The van der Waals surface area contributed by atoms with Gasteiger partial charge in [-0.1, -0.05) is 25.8 Å². The Balaban J connectivity index is 1.89. The number of nitrogens with one attached hydrogen (secondary N) is 1. The Hall–Kier alpha value is -1.22. The molecule has 3 heteroatoms. The molecule has 0 heterocycles. The number of benzene rings is 1. The van der Waals surface area contributed by atoms with Crippen LogP contribution in [0.4, 0.5) is 5.69 Å². The summed E-state index contributed by atoms with van der Waals surface area (Å²) in [6, 6.07) is 7.32. The van der Waals surface area contributed by atoms with Gasteiger partial charge in [0.2, 0.25) is 0 Å². The maximum Gasteiger partial charge on any atom is 0.142 e. The number of nitrogen functional groups attached to an aromatic ring is 1. The monoisotopic (exact) mass is 290 g/mol. The van der Waals surface area contributed by atoms with E-state index in [9.17, 15) is 0 Å². The Morgan fingerprint density at radius 2 is 2.10 bits per heavy atom. The zero-order valence-electron chi connectivity index (χ0n) is 13.7. The number of hydrogen-bond acceptors (Lipinski definition) is 3. The smallest absolute Gasteiger partial charge is 0.142 e. The van der Waals surface area contributed by atoms with E-state index >= 15 is 0 Å². The number of hydrogen-bond donors (Lipinski definition) is 2. The summed E-state index contributed by atoms with van der Waals surface area (Å²) in [4.78, 5) is 0. The van der Waals surface area contributed by atoms with Crippen LogP contribution in [0.5, 0.6) is 5.75 Å². The van der Waals surface area contributed by atoms with E-state index in [2.05, 4.69) is 25.2 Å². The maximum atomic E-state index is 6.04. The third-order valence-electron chi connectivity index (χ3n) is 4.53. The van der Waals surface area contributed by atoms with E-state index in [4.69, 9.17) is 10.5 Å². The summed E-state index contributed by atoms with van der Waals surface area (Å²) in [5.74, 6) is 1.59. The van der Waals surface area contributed by atoms with Crippen molar-refractivity contribution < 1.29 is 4.74 Å². The van der Waals surface area contributed by atoms with Gasteiger partial charge in [0, 0.05) is 12.1 Å². The van der Waals surface area contributed by atoms with E-state index in [1.54, 1.807) is 0 Å². The van der Waals surface area contributed by atoms with Crippen molar-refractivity contribution in [1.29, 1.82) is 0 Å². The quantitative estimate of drug-likeness (QED) is 0.784. The van der Waals surface area contributed by atoms with Crippen molar-refractivity contribution in [3.8, 4) is 5.75 Å². The van der Waals surface area contributed by atoms with Crippen molar-refractivity contribution >= 4 is 5.69 Å². The second-order valence-electron chi connectivity index (χ2n) is 6.45. The molecule has 1 saturated carbocycles. The topological polar surface area (TPSA) is 47.3 Å². The van der Waals surface area contributed by atoms with Gasteiger partial charge in [0.1, 0.15) is 5.75 Å². The number of nitrogens with two attached hydrogens (primary N) is 1. The highest BCUT2D eigenvalue weighted by atomic mass is 16.5. The van der Waals surface area contributed by atoms with Crippen molar-refractivity contribution in [2.75, 3.05) is 12.3 Å². The summed E-state index contributed by atoms with van der Waals surface area (Å²) in [5.41, 5.74) is 8.06. The third kappa shape index (κ3) is 4.63. The van der Waals surface area contributed by atoms with E-state index in [1.165, 1.54) is 31.2 Å². The Morgan fingerprint density at radius 1 is 1.33 bits per heavy atom. The molecule has 118 valence electrons. The van der Waals surface area contributed by atoms with Gasteiger partial charge in [-0.25, -0.2) is 0 Å². The minimum absolute atomic E-state index is 0.480. The lowest BCUT2D eigenvalue weighted by Gasteiger charge is -2.32. The molecule has 0 amide bonds. The van der Waals surface area contributed by atoms with E-state index in [0.29, 0.717) is 18.7 Å². The predicted molar refractivity (Wildman–Crippen MR) is 89.7 cm³/mol. The Bertz CT molecular complexity index is 447. The number of anilines is 1. The highest BCUT2D eigenvalue weighted by molar-refractivity contribution is 5.54. The lowest BCUT2D eigenvalue weighted by molar-refractivity contribution is 0.262. The van der Waals surface area contributed by atoms with Crippen LogP contribution in [0.15, 0.2) is 18.2 Å². The number of ether oxygens (including phenoxy) is 1. The van der Waals surface area contributed by atoms with Crippen molar-refractivity contribution in [2.24, 2.45) is 5.92 Å². The Kier molecular flexibility index (Phi) is 5.92. The van der Waals surface area contributed by atoms with Crippen LogP contribution in [0.1, 0.15) is 52.0 Å². The zero-order valence-corrected chi connectivity index (χ0v) is 13.7. The van der Waals surface area contributed by atoms with E-state index in [-0.39, 0.29) is 0 Å². The summed E-state index contributed by atoms with van der Waals surface area (Å²) in [5, 5.41) is 3.80. The first-order valence-electron chi connectivity index (χ1n) is 8.37. The van der Waals surface area contributed by atoms with Crippen LogP contribution < -0.4 is 15.8 Å². The van der Waals surface area contributed by atoms with Gasteiger partial charge >= 0.3 is 0 Å². The molecule has 3 nitrogen and oxygen atoms in total. The second kappa shape index (κ2) is 7.69. The predicted octanol–water partition coefficient (Wildman–Crippen LogP) is 3.77. The molecule has 1 aliphatic rings. The zero-order chi connectivity index (χ0) is 15.2. The molecule has 21 heavy (non-hydrogen) atoms. The van der Waals surface area contributed by atoms with Gasteiger partial charge in [-0.3, -0.25) is 0 Å². The first-order chi connectivity index (χ1) is 10.1. The summed E-state index contributed by atoms with van der Waals surface area (Å²) in [6.07, 6.45) is 6.45. The summed E-state index contributed by atoms with van der Waals surface area (Å²) < 4.78 is 5.49. The molecule has 2 rings (SSSR count). The largest absolute Gasteiger partial charge is 0.492 e. The van der Waals surface area contributed by atoms with Crippen LogP contribution in [0.2, 0.25) is 0 Å². The summed E-state index contributed by atoms with van der Waals surface area (Å²) >= 11 is 0. The fraction of sp³-hybridized carbons (Fsp3) is 0.667. The standard InChI is InChI=1S/C18H30N2O/c1-4-21-18-10-9-15(12-16(18)19)11-14(3)20-17-8-6-5-7-13(17)2/h9-10,12-14,17,20H,4-8,11,19H2,1-3H3. The average molecular weight is 290 g/mol. The molecule has 1 aliphatic carbocycles. The van der Waals surface area contributed by atoms with Crippen molar-refractivity contribution in [1.82, 2.24) is 5.32 Å². The van der Waals surface area contributed by atoms with Crippen LogP contribution >= 0.6 is 0 Å². The molecule has 3 atom stereocenters. The highest BCUT2D eigenvalue weighted by Crippen LogP contribution is 2.25. The van der Waals surface area contributed by atoms with E-state index < -0.39 is 0 Å². The van der Waals surface area contributed by atoms with E-state index in [0.717, 1.165) is 23.8 Å². The van der Waals surface area contributed by atoms with Gasteiger partial charge in [-0.15, -0.1) is 0 Å². The molecule has 3 N–H and O–H groups in total. The van der Waals surface area contributed by atoms with Crippen molar-refractivity contribution in [3.63, 3.8) is 0 Å². The summed E-state index contributed by atoms with van der Waals surface area (Å²) in [6.45, 7) is 7.28. The van der Waals surface area contributed by atoms with Crippen LogP contribution in [-0.4, -0.2) is 18.7 Å². The number of rotatable bonds is 6. The van der Waals surface area contributed by atoms with Crippen LogP contribution in [0.25, 0.3) is 0 Å². The normalized spacial score (nSPS) is 23.8. The van der Waals surface area contributed by atoms with Gasteiger partial charge in [0.25, 0.3) is 0 Å². The van der Waals surface area contributed by atoms with Crippen molar-refractivity contribution in [3.05, 3.63) is 23.8 Å². The van der Waals surface area contributed by atoms with Crippen LogP contribution in [0, 0.1) is 5.92 Å². The van der Waals surface area contributed by atoms with Crippen LogP contribution in [0.3, 0.4) is 0 Å². The molecule has 0 aliphatic heterocycles. The SMILES string of the molecule is CCOc1ccc(CC(C)NC2CCCCC2C)cc1N. The molecule has 1 aromatic rings. The first-order valence-corrected chi connectivity index (χ1v) is 8.37. The maximum absolute atomic E-state index is 6.04. The van der Waals surface area contributed by atoms with E-state index in [1.807, 2.05) is 19.1 Å². The third-order valence-corrected chi connectivity index (χ3v) is 4.53. The summed E-state index contributed by atoms with van der Waals surface area (Å²) in [7, 11) is 0. The molecule has 3 unspecified atom stereocenters. The van der Waals surface area contributed by atoms with Gasteiger partial charge in [-0.05, 0) is 56.7 Å². The highest BCUT2D eigenvalue weighted by Gasteiger charge is 2.22. The minimum Gasteiger partial charge on any atom is -0.492 e. The van der Waals surface area contributed by atoms with Gasteiger partial charge < -0.3 is 15.8 Å². The molecule has 0 bridgehead atoms. The molecular weight excluding hydrogens is 260 g/mol. The fourth-order valence-electron chi connectivity index (χ4n) is 3.35. The van der Waals surface area contributed by atoms with Gasteiger partial charge in [0.05, 0.1) is 12.3 Å². The average Bonchev–Trinajstić information content (AvgIpc) is 2.44. The first kappa shape index (κ1) is 16.2. The molecule has 0 spiro atoms. The molecule has 1 aromatic carbocycles. The lowest BCUT2D eigenvalue weighted by atomic mass is 9.85. The fourth-order valence-corrected chi connectivity index (χ4v) is 3.35. The minimum atomic E-state index is 0.480.